The molecule has 2 heterocycles. The van der Waals surface area contributed by atoms with E-state index in [4.69, 9.17) is 0 Å². The number of dihydropyridines is 2. The Labute approximate surface area is 257 Å². The average molecular weight is 587 g/mol. The van der Waals surface area contributed by atoms with E-state index in [-0.39, 0.29) is 56.6 Å². The summed E-state index contributed by atoms with van der Waals surface area (Å²) in [6.07, 6.45) is 7.22. The van der Waals surface area contributed by atoms with E-state index in [0.717, 1.165) is 77.2 Å². The Balaban J connectivity index is 1.34. The number of ketones is 4. The second kappa shape index (κ2) is 9.87. The standard InChI is InChI=1S/C37H50N2O4/c1-34(2)12-22-30(26(40)16-34)20(31-23(38-22)13-35(3,4)17-27(31)41)10-9-11-21-32-24(14-36(5,6)18-28(32)42)39-25-15-37(7,8)19-29(43)33(21)25/h20-21,38-39H,9-19H2,1-8H3. The molecule has 0 amide bonds. The van der Waals surface area contributed by atoms with Gasteiger partial charge >= 0.3 is 0 Å². The molecule has 0 aromatic rings. The molecule has 6 aliphatic rings. The summed E-state index contributed by atoms with van der Waals surface area (Å²) < 4.78 is 0. The molecule has 0 aromatic carbocycles. The molecule has 43 heavy (non-hydrogen) atoms. The number of rotatable bonds is 4. The van der Waals surface area contributed by atoms with Crippen molar-refractivity contribution in [3.63, 3.8) is 0 Å². The fourth-order valence-corrected chi connectivity index (χ4v) is 9.16. The summed E-state index contributed by atoms with van der Waals surface area (Å²) in [7, 11) is 0. The van der Waals surface area contributed by atoms with Crippen LogP contribution in [0.3, 0.4) is 0 Å². The van der Waals surface area contributed by atoms with Crippen molar-refractivity contribution in [3.05, 3.63) is 45.1 Å². The third-order valence-corrected chi connectivity index (χ3v) is 10.7. The summed E-state index contributed by atoms with van der Waals surface area (Å²) in [6.45, 7) is 17.1. The molecule has 0 saturated heterocycles. The molecule has 0 bridgehead atoms. The van der Waals surface area contributed by atoms with E-state index in [0.29, 0.717) is 38.5 Å². The van der Waals surface area contributed by atoms with Crippen LogP contribution >= 0.6 is 0 Å². The summed E-state index contributed by atoms with van der Waals surface area (Å²) in [6, 6.07) is 0. The SMILES string of the molecule is CC1(C)CC(=O)C2=C(C1)NC1=C(C(=O)CC(C)(C)C1)C2CCCC1C2=C(CC(C)(C)CC2=O)NC2=C1C(=O)CC(C)(C)C2. The Bertz CT molecular complexity index is 1260. The first-order chi connectivity index (χ1) is 19.9. The molecule has 2 aliphatic heterocycles. The van der Waals surface area contributed by atoms with Gasteiger partial charge in [0.25, 0.3) is 0 Å². The Kier molecular flexibility index (Phi) is 6.95. The molecule has 0 saturated carbocycles. The summed E-state index contributed by atoms with van der Waals surface area (Å²) >= 11 is 0. The normalized spacial score (nSPS) is 28.3. The maximum atomic E-state index is 13.7. The Morgan fingerprint density at radius 1 is 0.442 bits per heavy atom. The smallest absolute Gasteiger partial charge is 0.161 e. The molecule has 0 unspecified atom stereocenters. The van der Waals surface area contributed by atoms with Crippen LogP contribution in [0, 0.1) is 33.5 Å². The Morgan fingerprint density at radius 3 is 0.907 bits per heavy atom. The van der Waals surface area contributed by atoms with Crippen molar-refractivity contribution in [2.24, 2.45) is 33.5 Å². The third kappa shape index (κ3) is 5.53. The van der Waals surface area contributed by atoms with Gasteiger partial charge in [0, 0.05) is 82.6 Å². The van der Waals surface area contributed by atoms with Crippen molar-refractivity contribution in [2.75, 3.05) is 0 Å². The summed E-state index contributed by atoms with van der Waals surface area (Å²) in [4.78, 5) is 54.7. The van der Waals surface area contributed by atoms with Crippen molar-refractivity contribution in [2.45, 2.75) is 126 Å². The first-order valence-corrected chi connectivity index (χ1v) is 16.4. The first-order valence-electron chi connectivity index (χ1n) is 16.4. The van der Waals surface area contributed by atoms with Crippen LogP contribution in [0.5, 0.6) is 0 Å². The zero-order chi connectivity index (χ0) is 31.3. The molecule has 6 heteroatoms. The third-order valence-electron chi connectivity index (χ3n) is 10.7. The topological polar surface area (TPSA) is 92.3 Å². The number of hydrogen-bond acceptors (Lipinski definition) is 6. The number of allylic oxidation sites excluding steroid dienone is 8. The second-order valence-corrected chi connectivity index (χ2v) is 17.6. The quantitative estimate of drug-likeness (QED) is 0.363. The van der Waals surface area contributed by atoms with Crippen molar-refractivity contribution < 1.29 is 19.2 Å². The predicted octanol–water partition coefficient (Wildman–Crippen LogP) is 7.17. The lowest BCUT2D eigenvalue weighted by Crippen LogP contribution is -2.43. The highest BCUT2D eigenvalue weighted by atomic mass is 16.1. The van der Waals surface area contributed by atoms with Gasteiger partial charge in [0.05, 0.1) is 0 Å². The van der Waals surface area contributed by atoms with Gasteiger partial charge in [0.2, 0.25) is 0 Å². The first kappa shape index (κ1) is 30.3. The molecule has 2 N–H and O–H groups in total. The molecule has 0 spiro atoms. The monoisotopic (exact) mass is 586 g/mol. The molecular formula is C37H50N2O4. The van der Waals surface area contributed by atoms with Gasteiger partial charge in [0.15, 0.2) is 23.1 Å². The minimum atomic E-state index is -0.218. The van der Waals surface area contributed by atoms with E-state index in [1.807, 2.05) is 0 Å². The number of nitrogens with one attached hydrogen (secondary N) is 2. The molecule has 4 aliphatic carbocycles. The summed E-state index contributed by atoms with van der Waals surface area (Å²) in [5, 5.41) is 7.21. The average Bonchev–Trinajstić information content (AvgIpc) is 2.79. The molecule has 0 atom stereocenters. The van der Waals surface area contributed by atoms with E-state index in [1.165, 1.54) is 0 Å². The predicted molar refractivity (Wildman–Crippen MR) is 167 cm³/mol. The van der Waals surface area contributed by atoms with Gasteiger partial charge < -0.3 is 10.6 Å². The van der Waals surface area contributed by atoms with E-state index in [9.17, 15) is 19.2 Å². The summed E-state index contributed by atoms with van der Waals surface area (Å²) in [5.74, 6) is 0.171. The van der Waals surface area contributed by atoms with Crippen LogP contribution in [0.4, 0.5) is 0 Å². The fraction of sp³-hybridized carbons (Fsp3) is 0.676. The van der Waals surface area contributed by atoms with Crippen LogP contribution in [-0.2, 0) is 19.2 Å². The molecular weight excluding hydrogens is 536 g/mol. The minimum Gasteiger partial charge on any atom is -0.362 e. The van der Waals surface area contributed by atoms with Gasteiger partial charge in [0.1, 0.15) is 0 Å². The minimum absolute atomic E-state index is 0.120. The molecule has 0 fully saturated rings. The van der Waals surface area contributed by atoms with Gasteiger partial charge in [-0.15, -0.1) is 0 Å². The molecule has 6 nitrogen and oxygen atoms in total. The van der Waals surface area contributed by atoms with Crippen LogP contribution in [0.15, 0.2) is 45.1 Å². The van der Waals surface area contributed by atoms with E-state index in [2.05, 4.69) is 66.0 Å². The summed E-state index contributed by atoms with van der Waals surface area (Å²) in [5.41, 5.74) is 6.76. The lowest BCUT2D eigenvalue weighted by Gasteiger charge is -2.44. The fourth-order valence-electron chi connectivity index (χ4n) is 9.16. The second-order valence-electron chi connectivity index (χ2n) is 17.6. The van der Waals surface area contributed by atoms with E-state index in [1.54, 1.807) is 0 Å². The van der Waals surface area contributed by atoms with Gasteiger partial charge in [-0.3, -0.25) is 19.2 Å². The molecule has 0 radical (unpaired) electrons. The van der Waals surface area contributed by atoms with E-state index < -0.39 is 0 Å². The van der Waals surface area contributed by atoms with Crippen molar-refractivity contribution in [1.29, 1.82) is 0 Å². The maximum absolute atomic E-state index is 13.7. The lowest BCUT2D eigenvalue weighted by atomic mass is 9.63. The van der Waals surface area contributed by atoms with Crippen molar-refractivity contribution >= 4 is 23.1 Å². The molecule has 0 aromatic heterocycles. The Hall–Kier alpha value is -2.76. The largest absolute Gasteiger partial charge is 0.362 e. The highest BCUT2D eigenvalue weighted by Gasteiger charge is 2.48. The number of carbonyl (C=O) groups excluding carboxylic acids is 4. The maximum Gasteiger partial charge on any atom is 0.161 e. The molecule has 6 rings (SSSR count). The van der Waals surface area contributed by atoms with Crippen LogP contribution in [0.1, 0.15) is 126 Å². The zero-order valence-electron chi connectivity index (χ0n) is 27.6. The highest BCUT2D eigenvalue weighted by molar-refractivity contribution is 6.06. The van der Waals surface area contributed by atoms with Crippen molar-refractivity contribution in [1.82, 2.24) is 10.6 Å². The number of carbonyl (C=O) groups is 4. The van der Waals surface area contributed by atoms with Gasteiger partial charge in [-0.1, -0.05) is 61.8 Å². The van der Waals surface area contributed by atoms with Crippen LogP contribution in [0.2, 0.25) is 0 Å². The zero-order valence-corrected chi connectivity index (χ0v) is 27.6. The van der Waals surface area contributed by atoms with Crippen LogP contribution < -0.4 is 10.6 Å². The van der Waals surface area contributed by atoms with Gasteiger partial charge in [-0.05, 0) is 60.2 Å². The van der Waals surface area contributed by atoms with Crippen molar-refractivity contribution in [3.8, 4) is 0 Å². The van der Waals surface area contributed by atoms with Crippen LogP contribution in [0.25, 0.3) is 0 Å². The Morgan fingerprint density at radius 2 is 0.674 bits per heavy atom. The van der Waals surface area contributed by atoms with Gasteiger partial charge in [-0.25, -0.2) is 0 Å². The number of Topliss-reactive ketones (excluding diaryl/α,β-unsaturated/α-hetero) is 4. The molecule has 232 valence electrons. The lowest BCUT2D eigenvalue weighted by molar-refractivity contribution is -0.121. The van der Waals surface area contributed by atoms with Gasteiger partial charge in [-0.2, -0.15) is 0 Å². The van der Waals surface area contributed by atoms with E-state index >= 15 is 0 Å². The number of hydrogen-bond donors (Lipinski definition) is 2. The highest BCUT2D eigenvalue weighted by Crippen LogP contribution is 2.51. The van der Waals surface area contributed by atoms with Crippen LogP contribution in [-0.4, -0.2) is 23.1 Å².